The van der Waals surface area contributed by atoms with Crippen LogP contribution < -0.4 is 4.74 Å². The van der Waals surface area contributed by atoms with Crippen LogP contribution in [0.1, 0.15) is 22.4 Å². The van der Waals surface area contributed by atoms with Gasteiger partial charge >= 0.3 is 0 Å². The highest BCUT2D eigenvalue weighted by Crippen LogP contribution is 2.25. The Kier molecular flexibility index (Phi) is 3.40. The first-order valence-corrected chi connectivity index (χ1v) is 5.57. The maximum atomic E-state index is 9.14. The van der Waals surface area contributed by atoms with Crippen molar-refractivity contribution >= 4 is 0 Å². The van der Waals surface area contributed by atoms with Crippen molar-refractivity contribution in [3.63, 3.8) is 0 Å². The van der Waals surface area contributed by atoms with Crippen molar-refractivity contribution in [2.24, 2.45) is 0 Å². The number of hydrogen-bond acceptors (Lipinski definition) is 5. The van der Waals surface area contributed by atoms with Crippen molar-refractivity contribution in [2.45, 2.75) is 13.8 Å². The smallest absolute Gasteiger partial charge is 0.257 e. The first kappa shape index (κ1) is 12.5. The molecule has 0 amide bonds. The number of ether oxygens (including phenoxy) is 1. The van der Waals surface area contributed by atoms with Gasteiger partial charge in [-0.15, -0.1) is 5.10 Å². The highest BCUT2D eigenvalue weighted by atomic mass is 16.5. The van der Waals surface area contributed by atoms with Gasteiger partial charge in [0.2, 0.25) is 0 Å². The molecule has 0 unspecified atom stereocenters. The standard InChI is InChI=1S/C14H10N4O/c1-9-10(2)17-18-14(13(9)8-16)19-12-5-3-11(7-15)4-6-12/h3-6H,1-2H3. The topological polar surface area (TPSA) is 82.6 Å². The summed E-state index contributed by atoms with van der Waals surface area (Å²) in [5.74, 6) is 0.684. The van der Waals surface area contributed by atoms with Crippen LogP contribution in [0.4, 0.5) is 0 Å². The maximum Gasteiger partial charge on any atom is 0.257 e. The van der Waals surface area contributed by atoms with E-state index in [0.717, 1.165) is 5.56 Å². The van der Waals surface area contributed by atoms with Crippen molar-refractivity contribution in [1.29, 1.82) is 10.5 Å². The van der Waals surface area contributed by atoms with E-state index in [1.165, 1.54) is 0 Å². The highest BCUT2D eigenvalue weighted by Gasteiger charge is 2.12. The van der Waals surface area contributed by atoms with Gasteiger partial charge in [-0.25, -0.2) is 0 Å². The van der Waals surface area contributed by atoms with Crippen molar-refractivity contribution in [1.82, 2.24) is 10.2 Å². The van der Waals surface area contributed by atoms with Gasteiger partial charge in [0.05, 0.1) is 17.3 Å². The highest BCUT2D eigenvalue weighted by molar-refractivity contribution is 5.47. The molecule has 0 aliphatic carbocycles. The summed E-state index contributed by atoms with van der Waals surface area (Å²) in [4.78, 5) is 0. The maximum absolute atomic E-state index is 9.14. The third-order valence-electron chi connectivity index (χ3n) is 2.73. The summed E-state index contributed by atoms with van der Waals surface area (Å²) in [5.41, 5.74) is 2.36. The summed E-state index contributed by atoms with van der Waals surface area (Å²) < 4.78 is 5.53. The lowest BCUT2D eigenvalue weighted by molar-refractivity contribution is 0.452. The minimum absolute atomic E-state index is 0.176. The largest absolute Gasteiger partial charge is 0.437 e. The van der Waals surface area contributed by atoms with Crippen molar-refractivity contribution < 1.29 is 4.74 Å². The molecule has 0 fully saturated rings. The molecule has 2 aromatic rings. The quantitative estimate of drug-likeness (QED) is 0.818. The van der Waals surface area contributed by atoms with E-state index < -0.39 is 0 Å². The number of aromatic nitrogens is 2. The molecule has 0 aliphatic heterocycles. The Morgan fingerprint density at radius 1 is 1.00 bits per heavy atom. The Balaban J connectivity index is 2.36. The predicted molar refractivity (Wildman–Crippen MR) is 67.5 cm³/mol. The van der Waals surface area contributed by atoms with E-state index in [4.69, 9.17) is 15.3 Å². The average molecular weight is 250 g/mol. The molecule has 0 radical (unpaired) electrons. The molecule has 0 saturated carbocycles. The fourth-order valence-electron chi connectivity index (χ4n) is 1.50. The molecule has 0 aliphatic rings. The lowest BCUT2D eigenvalue weighted by Crippen LogP contribution is -2.00. The van der Waals surface area contributed by atoms with Crippen LogP contribution >= 0.6 is 0 Å². The fourth-order valence-corrected chi connectivity index (χ4v) is 1.50. The van der Waals surface area contributed by atoms with E-state index in [1.54, 1.807) is 38.1 Å². The van der Waals surface area contributed by atoms with Crippen molar-refractivity contribution in [2.75, 3.05) is 0 Å². The van der Waals surface area contributed by atoms with E-state index in [2.05, 4.69) is 16.3 Å². The summed E-state index contributed by atoms with van der Waals surface area (Å²) in [6.45, 7) is 3.59. The van der Waals surface area contributed by atoms with Crippen LogP contribution in [-0.4, -0.2) is 10.2 Å². The van der Waals surface area contributed by atoms with E-state index in [0.29, 0.717) is 22.6 Å². The summed E-state index contributed by atoms with van der Waals surface area (Å²) in [5, 5.41) is 25.7. The van der Waals surface area contributed by atoms with Crippen LogP contribution in [0.25, 0.3) is 0 Å². The van der Waals surface area contributed by atoms with Crippen LogP contribution in [0, 0.1) is 36.5 Å². The number of nitrogens with zero attached hydrogens (tertiary/aromatic N) is 4. The van der Waals surface area contributed by atoms with Crippen LogP contribution in [0.15, 0.2) is 24.3 Å². The van der Waals surface area contributed by atoms with E-state index >= 15 is 0 Å². The molecule has 1 heterocycles. The monoisotopic (exact) mass is 250 g/mol. The molecule has 0 spiro atoms. The van der Waals surface area contributed by atoms with Gasteiger partial charge in [-0.2, -0.15) is 15.6 Å². The Labute approximate surface area is 110 Å². The number of aryl methyl sites for hydroxylation is 1. The lowest BCUT2D eigenvalue weighted by atomic mass is 10.1. The first-order valence-electron chi connectivity index (χ1n) is 5.57. The first-order chi connectivity index (χ1) is 9.15. The molecular weight excluding hydrogens is 240 g/mol. The number of nitriles is 2. The van der Waals surface area contributed by atoms with Gasteiger partial charge < -0.3 is 4.74 Å². The van der Waals surface area contributed by atoms with Crippen molar-refractivity contribution in [3.8, 4) is 23.8 Å². The minimum Gasteiger partial charge on any atom is -0.437 e. The molecule has 0 N–H and O–H groups in total. The normalized spacial score (nSPS) is 9.47. The van der Waals surface area contributed by atoms with Gasteiger partial charge in [-0.1, -0.05) is 0 Å². The molecule has 5 nitrogen and oxygen atoms in total. The Morgan fingerprint density at radius 2 is 1.68 bits per heavy atom. The van der Waals surface area contributed by atoms with Gasteiger partial charge in [-0.05, 0) is 43.7 Å². The fraction of sp³-hybridized carbons (Fsp3) is 0.143. The van der Waals surface area contributed by atoms with Gasteiger partial charge in [0, 0.05) is 0 Å². The SMILES string of the molecule is Cc1nnc(Oc2ccc(C#N)cc2)c(C#N)c1C. The van der Waals surface area contributed by atoms with Crippen LogP contribution in [-0.2, 0) is 0 Å². The van der Waals surface area contributed by atoms with Crippen LogP contribution in [0.3, 0.4) is 0 Å². The van der Waals surface area contributed by atoms with Gasteiger partial charge in [0.25, 0.3) is 5.88 Å². The van der Waals surface area contributed by atoms with Gasteiger partial charge in [0.1, 0.15) is 17.4 Å². The third-order valence-corrected chi connectivity index (χ3v) is 2.73. The molecular formula is C14H10N4O. The van der Waals surface area contributed by atoms with E-state index in [-0.39, 0.29) is 5.88 Å². The summed E-state index contributed by atoms with van der Waals surface area (Å²) in [6, 6.07) is 10.7. The van der Waals surface area contributed by atoms with Crippen LogP contribution in [0.5, 0.6) is 11.6 Å². The van der Waals surface area contributed by atoms with Gasteiger partial charge in [-0.3, -0.25) is 0 Å². The van der Waals surface area contributed by atoms with Crippen LogP contribution in [0.2, 0.25) is 0 Å². The molecule has 5 heteroatoms. The molecule has 92 valence electrons. The van der Waals surface area contributed by atoms with E-state index in [1.807, 2.05) is 6.07 Å². The zero-order chi connectivity index (χ0) is 13.8. The predicted octanol–water partition coefficient (Wildman–Crippen LogP) is 2.63. The summed E-state index contributed by atoms with van der Waals surface area (Å²) in [6.07, 6.45) is 0. The summed E-state index contributed by atoms with van der Waals surface area (Å²) in [7, 11) is 0. The zero-order valence-electron chi connectivity index (χ0n) is 10.5. The minimum atomic E-state index is 0.176. The summed E-state index contributed by atoms with van der Waals surface area (Å²) >= 11 is 0. The number of benzene rings is 1. The van der Waals surface area contributed by atoms with Crippen molar-refractivity contribution in [3.05, 3.63) is 46.6 Å². The third kappa shape index (κ3) is 2.51. The molecule has 19 heavy (non-hydrogen) atoms. The average Bonchev–Trinajstić information content (AvgIpc) is 2.44. The Morgan fingerprint density at radius 3 is 2.26 bits per heavy atom. The second kappa shape index (κ2) is 5.16. The number of rotatable bonds is 2. The lowest BCUT2D eigenvalue weighted by Gasteiger charge is -2.08. The van der Waals surface area contributed by atoms with Gasteiger partial charge in [0.15, 0.2) is 0 Å². The molecule has 2 rings (SSSR count). The number of hydrogen-bond donors (Lipinski definition) is 0. The second-order valence-electron chi connectivity index (χ2n) is 3.94. The Bertz CT molecular complexity index is 693. The Hall–Kier alpha value is -2.92. The molecule has 1 aromatic carbocycles. The molecule has 1 aromatic heterocycles. The molecule has 0 bridgehead atoms. The van der Waals surface area contributed by atoms with E-state index in [9.17, 15) is 0 Å². The zero-order valence-corrected chi connectivity index (χ0v) is 10.5. The molecule has 0 atom stereocenters. The second-order valence-corrected chi connectivity index (χ2v) is 3.94. The molecule has 0 saturated heterocycles.